The number of nitrogens with two attached hydrogens (primary N) is 1. The molecule has 2 heterocycles. The second-order valence-electron chi connectivity index (χ2n) is 13.3. The molecule has 55 heavy (non-hydrogen) atoms. The van der Waals surface area contributed by atoms with Crippen molar-refractivity contribution in [1.29, 1.82) is 0 Å². The lowest BCUT2D eigenvalue weighted by atomic mass is 9.94. The maximum absolute atomic E-state index is 11.8. The Morgan fingerprint density at radius 2 is 1.73 bits per heavy atom. The quantitative estimate of drug-likeness (QED) is 0.0552. The van der Waals surface area contributed by atoms with Gasteiger partial charge >= 0.3 is 5.97 Å². The SMILES string of the molecule is CC(CO)(NCc1cc(Cl)c(O[C@H]2CCc3c(-c4cccc(-c5ccc(OCCNCCO)cc5)c4Cl)cccc32)nc1OCc1cncc(N)c1)C(=O)O. The Labute approximate surface area is 329 Å². The van der Waals surface area contributed by atoms with Gasteiger partial charge in [0.25, 0.3) is 0 Å². The molecule has 0 saturated heterocycles. The molecule has 0 fully saturated rings. The van der Waals surface area contributed by atoms with Crippen LogP contribution in [0.25, 0.3) is 22.3 Å². The Balaban J connectivity index is 1.23. The van der Waals surface area contributed by atoms with Crippen LogP contribution < -0.4 is 30.6 Å². The van der Waals surface area contributed by atoms with Gasteiger partial charge in [-0.25, -0.2) is 0 Å². The predicted molar refractivity (Wildman–Crippen MR) is 212 cm³/mol. The molecule has 1 unspecified atom stereocenters. The topological polar surface area (TPSA) is 181 Å². The second kappa shape index (κ2) is 18.1. The lowest BCUT2D eigenvalue weighted by molar-refractivity contribution is -0.145. The summed E-state index contributed by atoms with van der Waals surface area (Å²) in [7, 11) is 0. The van der Waals surface area contributed by atoms with Crippen molar-refractivity contribution in [2.24, 2.45) is 0 Å². The summed E-state index contributed by atoms with van der Waals surface area (Å²) in [5, 5.41) is 35.2. The number of carbonyl (C=O) groups is 1. The van der Waals surface area contributed by atoms with E-state index in [9.17, 15) is 15.0 Å². The van der Waals surface area contributed by atoms with E-state index in [0.717, 1.165) is 45.6 Å². The minimum absolute atomic E-state index is 0.0158. The number of carboxylic acid groups (broad SMARTS) is 1. The molecule has 2 aromatic heterocycles. The number of halogens is 2. The summed E-state index contributed by atoms with van der Waals surface area (Å²) in [6.45, 7) is 2.54. The van der Waals surface area contributed by atoms with E-state index in [1.807, 2.05) is 54.6 Å². The number of rotatable bonds is 18. The zero-order valence-electron chi connectivity index (χ0n) is 30.2. The van der Waals surface area contributed by atoms with E-state index in [0.29, 0.717) is 48.0 Å². The summed E-state index contributed by atoms with van der Waals surface area (Å²) in [6.07, 6.45) is 4.18. The third kappa shape index (κ3) is 9.48. The number of hydrogen-bond acceptors (Lipinski definition) is 11. The fourth-order valence-corrected chi connectivity index (χ4v) is 6.88. The molecule has 0 spiro atoms. The Hall–Kier alpha value is -4.95. The minimum atomic E-state index is -1.61. The van der Waals surface area contributed by atoms with Gasteiger partial charge in [0.1, 0.15) is 35.6 Å². The zero-order valence-corrected chi connectivity index (χ0v) is 31.7. The second-order valence-corrected chi connectivity index (χ2v) is 14.1. The first kappa shape index (κ1) is 39.7. The monoisotopic (exact) mass is 787 g/mol. The number of pyridine rings is 2. The molecule has 0 amide bonds. The van der Waals surface area contributed by atoms with Crippen molar-refractivity contribution >= 4 is 34.9 Å². The number of fused-ring (bicyclic) bond motifs is 1. The molecule has 0 aliphatic heterocycles. The Kier molecular flexibility index (Phi) is 13.1. The minimum Gasteiger partial charge on any atom is -0.492 e. The molecular formula is C41H43Cl2N5O7. The van der Waals surface area contributed by atoms with E-state index in [-0.39, 0.29) is 42.6 Å². The Morgan fingerprint density at radius 3 is 2.47 bits per heavy atom. The van der Waals surface area contributed by atoms with Crippen molar-refractivity contribution in [3.8, 4) is 39.8 Å². The zero-order chi connectivity index (χ0) is 39.0. The van der Waals surface area contributed by atoms with Gasteiger partial charge in [-0.3, -0.25) is 15.1 Å². The smallest absolute Gasteiger partial charge is 0.326 e. The summed E-state index contributed by atoms with van der Waals surface area (Å²) in [5.41, 5.74) is 11.8. The van der Waals surface area contributed by atoms with Gasteiger partial charge in [-0.15, -0.1) is 0 Å². The molecule has 14 heteroatoms. The highest BCUT2D eigenvalue weighted by atomic mass is 35.5. The van der Waals surface area contributed by atoms with Crippen molar-refractivity contribution in [1.82, 2.24) is 20.6 Å². The van der Waals surface area contributed by atoms with E-state index >= 15 is 0 Å². The molecule has 6 rings (SSSR count). The van der Waals surface area contributed by atoms with Gasteiger partial charge in [0.2, 0.25) is 11.8 Å². The molecule has 7 N–H and O–H groups in total. The number of aliphatic hydroxyl groups is 2. The molecule has 0 radical (unpaired) electrons. The van der Waals surface area contributed by atoms with Crippen molar-refractivity contribution in [2.45, 2.75) is 44.6 Å². The lowest BCUT2D eigenvalue weighted by Crippen LogP contribution is -2.52. The molecule has 1 aliphatic rings. The Bertz CT molecular complexity index is 2120. The average molecular weight is 789 g/mol. The number of hydrogen-bond donors (Lipinski definition) is 6. The molecule has 12 nitrogen and oxygen atoms in total. The van der Waals surface area contributed by atoms with E-state index in [2.05, 4.69) is 26.7 Å². The molecular weight excluding hydrogens is 745 g/mol. The maximum Gasteiger partial charge on any atom is 0.326 e. The number of aliphatic hydroxyl groups excluding tert-OH is 2. The summed E-state index contributed by atoms with van der Waals surface area (Å²) >= 11 is 13.9. The van der Waals surface area contributed by atoms with Gasteiger partial charge in [0.15, 0.2) is 0 Å². The molecule has 5 aromatic rings. The van der Waals surface area contributed by atoms with Crippen molar-refractivity contribution in [3.63, 3.8) is 0 Å². The normalized spacial score (nSPS) is 14.6. The van der Waals surface area contributed by atoms with Crippen LogP contribution in [0.2, 0.25) is 10.0 Å². The molecule has 288 valence electrons. The average Bonchev–Trinajstić information content (AvgIpc) is 3.60. The van der Waals surface area contributed by atoms with Gasteiger partial charge in [-0.1, -0.05) is 71.7 Å². The number of anilines is 1. The van der Waals surface area contributed by atoms with Gasteiger partial charge in [-0.2, -0.15) is 4.98 Å². The lowest BCUT2D eigenvalue weighted by Gasteiger charge is -2.24. The highest BCUT2D eigenvalue weighted by Gasteiger charge is 2.33. The van der Waals surface area contributed by atoms with E-state index in [1.54, 1.807) is 18.3 Å². The van der Waals surface area contributed by atoms with Crippen molar-refractivity contribution in [3.05, 3.63) is 117 Å². The number of nitrogens with one attached hydrogen (secondary N) is 2. The third-order valence-electron chi connectivity index (χ3n) is 9.39. The van der Waals surface area contributed by atoms with Gasteiger partial charge in [-0.05, 0) is 66.3 Å². The fourth-order valence-electron chi connectivity index (χ4n) is 6.32. The van der Waals surface area contributed by atoms with Crippen LogP contribution in [-0.2, 0) is 24.4 Å². The summed E-state index contributed by atoms with van der Waals surface area (Å²) in [4.78, 5) is 20.6. The number of aliphatic carboxylic acids is 1. The standard InChI is InChI=1S/C41H43Cl2N5O7/c1-41(24-50,40(51)52)47-21-27-19-35(42)39(48-38(27)54-23-25-18-28(44)22-46-20-25)55-36-13-12-32-31(5-3-6-33(32)36)34-7-2-4-30(37(34)43)26-8-10-29(11-9-26)53-17-15-45-14-16-49/h2-11,18-20,22,36,45,47,49-50H,12-17,21,23-24,44H2,1H3,(H,51,52)/t36-,41?/m0/s1. The molecule has 0 saturated carbocycles. The fraction of sp³-hybridized carbons (Fsp3) is 0.293. The maximum atomic E-state index is 11.8. The molecule has 2 atom stereocenters. The van der Waals surface area contributed by atoms with E-state index < -0.39 is 18.1 Å². The first-order valence-electron chi connectivity index (χ1n) is 17.8. The van der Waals surface area contributed by atoms with Crippen LogP contribution in [-0.4, -0.2) is 69.7 Å². The van der Waals surface area contributed by atoms with Crippen LogP contribution in [0.5, 0.6) is 17.5 Å². The number of ether oxygens (including phenoxy) is 3. The van der Waals surface area contributed by atoms with Crippen LogP contribution in [0, 0.1) is 0 Å². The molecule has 3 aromatic carbocycles. The number of benzene rings is 3. The highest BCUT2D eigenvalue weighted by molar-refractivity contribution is 6.36. The van der Waals surface area contributed by atoms with Crippen LogP contribution in [0.3, 0.4) is 0 Å². The van der Waals surface area contributed by atoms with E-state index in [1.165, 1.54) is 13.1 Å². The van der Waals surface area contributed by atoms with E-state index in [4.69, 9.17) is 48.3 Å². The summed E-state index contributed by atoms with van der Waals surface area (Å²) < 4.78 is 18.4. The number of nitrogens with zero attached hydrogens (tertiary/aromatic N) is 2. The van der Waals surface area contributed by atoms with Gasteiger partial charge in [0.05, 0.1) is 23.9 Å². The number of carboxylic acids is 1. The molecule has 1 aliphatic carbocycles. The summed E-state index contributed by atoms with van der Waals surface area (Å²) in [6, 6.07) is 23.3. The first-order valence-corrected chi connectivity index (χ1v) is 18.6. The largest absolute Gasteiger partial charge is 0.492 e. The van der Waals surface area contributed by atoms with Crippen molar-refractivity contribution < 1.29 is 34.3 Å². The highest BCUT2D eigenvalue weighted by Crippen LogP contribution is 2.45. The van der Waals surface area contributed by atoms with Crippen LogP contribution in [0.15, 0.2) is 85.2 Å². The van der Waals surface area contributed by atoms with Gasteiger partial charge in [0, 0.05) is 54.3 Å². The summed E-state index contributed by atoms with van der Waals surface area (Å²) in [5.74, 6) is -0.138. The first-order chi connectivity index (χ1) is 26.6. The van der Waals surface area contributed by atoms with Gasteiger partial charge < -0.3 is 40.6 Å². The molecule has 0 bridgehead atoms. The van der Waals surface area contributed by atoms with Crippen LogP contribution in [0.1, 0.15) is 41.7 Å². The number of aromatic nitrogens is 2. The predicted octanol–water partition coefficient (Wildman–Crippen LogP) is 6.23. The van der Waals surface area contributed by atoms with Crippen LogP contribution in [0.4, 0.5) is 5.69 Å². The van der Waals surface area contributed by atoms with Crippen molar-refractivity contribution in [2.75, 3.05) is 38.6 Å². The van der Waals surface area contributed by atoms with Crippen LogP contribution >= 0.6 is 23.2 Å². The third-order valence-corrected chi connectivity index (χ3v) is 10.1. The number of nitrogen functional groups attached to an aromatic ring is 1. The Morgan fingerprint density at radius 1 is 0.964 bits per heavy atom.